The van der Waals surface area contributed by atoms with E-state index in [2.05, 4.69) is 0 Å². The maximum absolute atomic E-state index is 11.1. The molecule has 0 radical (unpaired) electrons. The van der Waals surface area contributed by atoms with Crippen LogP contribution in [0.15, 0.2) is 0 Å². The zero-order valence-corrected chi connectivity index (χ0v) is 12.0. The molecular weight excluding hydrogens is 224 g/mol. The van der Waals surface area contributed by atoms with E-state index in [9.17, 15) is 9.90 Å². The first kappa shape index (κ1) is 15.7. The monoisotopic (exact) mass is 254 g/mol. The van der Waals surface area contributed by atoms with E-state index >= 15 is 0 Å². The number of ketones is 1. The largest absolute Gasteiger partial charge is 0.390 e. The van der Waals surface area contributed by atoms with Gasteiger partial charge >= 0.3 is 0 Å². The van der Waals surface area contributed by atoms with Crippen LogP contribution in [0.1, 0.15) is 90.4 Å². The highest BCUT2D eigenvalue weighted by atomic mass is 16.3. The molecule has 0 amide bonds. The van der Waals surface area contributed by atoms with Crippen molar-refractivity contribution in [3.63, 3.8) is 0 Å². The molecule has 1 aliphatic carbocycles. The van der Waals surface area contributed by atoms with E-state index in [0.29, 0.717) is 12.2 Å². The Kier molecular flexibility index (Phi) is 7.57. The standard InChI is InChI=1S/C16H30O2/c1-2-15(17)11-7-4-3-5-8-12-16(18)13-9-6-10-14-16/h18H,2-14H2,1H3. The van der Waals surface area contributed by atoms with Crippen LogP contribution < -0.4 is 0 Å². The van der Waals surface area contributed by atoms with Crippen LogP contribution in [0.4, 0.5) is 0 Å². The Bertz CT molecular complexity index is 229. The van der Waals surface area contributed by atoms with Crippen LogP contribution in [-0.4, -0.2) is 16.5 Å². The number of Topliss-reactive ketones (excluding diaryl/α,β-unsaturated/α-hetero) is 1. The lowest BCUT2D eigenvalue weighted by molar-refractivity contribution is -0.118. The minimum absolute atomic E-state index is 0.337. The number of carbonyl (C=O) groups excluding carboxylic acids is 1. The molecule has 0 saturated heterocycles. The normalized spacial score (nSPS) is 18.8. The molecule has 0 aromatic rings. The van der Waals surface area contributed by atoms with Gasteiger partial charge in [0, 0.05) is 12.8 Å². The van der Waals surface area contributed by atoms with Crippen molar-refractivity contribution >= 4 is 5.78 Å². The van der Waals surface area contributed by atoms with Crippen LogP contribution in [0.2, 0.25) is 0 Å². The Morgan fingerprint density at radius 2 is 1.61 bits per heavy atom. The second kappa shape index (κ2) is 8.68. The van der Waals surface area contributed by atoms with Crippen molar-refractivity contribution in [1.29, 1.82) is 0 Å². The summed E-state index contributed by atoms with van der Waals surface area (Å²) >= 11 is 0. The second-order valence-corrected chi connectivity index (χ2v) is 5.94. The van der Waals surface area contributed by atoms with Gasteiger partial charge in [-0.25, -0.2) is 0 Å². The summed E-state index contributed by atoms with van der Waals surface area (Å²) < 4.78 is 0. The molecule has 0 aromatic carbocycles. The number of hydrogen-bond donors (Lipinski definition) is 1. The SMILES string of the molecule is CCC(=O)CCCCCCCC1(O)CCCCC1. The van der Waals surface area contributed by atoms with Gasteiger partial charge in [0.25, 0.3) is 0 Å². The number of hydrogen-bond acceptors (Lipinski definition) is 2. The van der Waals surface area contributed by atoms with Gasteiger partial charge in [-0.15, -0.1) is 0 Å². The highest BCUT2D eigenvalue weighted by Gasteiger charge is 2.27. The van der Waals surface area contributed by atoms with Gasteiger partial charge in [-0.2, -0.15) is 0 Å². The molecule has 1 N–H and O–H groups in total. The lowest BCUT2D eigenvalue weighted by Gasteiger charge is -2.32. The average Bonchev–Trinajstić information content (AvgIpc) is 2.38. The van der Waals surface area contributed by atoms with E-state index in [-0.39, 0.29) is 5.60 Å². The van der Waals surface area contributed by atoms with Crippen molar-refractivity contribution in [3.05, 3.63) is 0 Å². The van der Waals surface area contributed by atoms with Gasteiger partial charge < -0.3 is 5.11 Å². The number of rotatable bonds is 9. The molecule has 1 fully saturated rings. The molecular formula is C16H30O2. The third-order valence-corrected chi connectivity index (χ3v) is 4.28. The van der Waals surface area contributed by atoms with Crippen molar-refractivity contribution in [1.82, 2.24) is 0 Å². The molecule has 106 valence electrons. The molecule has 1 rings (SSSR count). The van der Waals surface area contributed by atoms with Gasteiger partial charge in [0.1, 0.15) is 5.78 Å². The molecule has 0 bridgehead atoms. The lowest BCUT2D eigenvalue weighted by atomic mass is 9.81. The van der Waals surface area contributed by atoms with E-state index in [1.165, 1.54) is 38.5 Å². The van der Waals surface area contributed by atoms with Crippen molar-refractivity contribution in [2.75, 3.05) is 0 Å². The van der Waals surface area contributed by atoms with Gasteiger partial charge in [-0.1, -0.05) is 51.9 Å². The van der Waals surface area contributed by atoms with Gasteiger partial charge in [0.05, 0.1) is 5.60 Å². The summed E-state index contributed by atoms with van der Waals surface area (Å²) in [6.07, 6.45) is 14.0. The lowest BCUT2D eigenvalue weighted by Crippen LogP contribution is -2.30. The summed E-state index contributed by atoms with van der Waals surface area (Å²) in [5.41, 5.74) is -0.337. The molecule has 0 aromatic heterocycles. The van der Waals surface area contributed by atoms with Crippen LogP contribution in [0.25, 0.3) is 0 Å². The first-order valence-corrected chi connectivity index (χ1v) is 7.90. The quantitative estimate of drug-likeness (QED) is 0.619. The van der Waals surface area contributed by atoms with E-state index < -0.39 is 0 Å². The first-order valence-electron chi connectivity index (χ1n) is 7.90. The van der Waals surface area contributed by atoms with Gasteiger partial charge in [0.15, 0.2) is 0 Å². The Morgan fingerprint density at radius 3 is 2.28 bits per heavy atom. The van der Waals surface area contributed by atoms with Gasteiger partial charge in [-0.3, -0.25) is 4.79 Å². The van der Waals surface area contributed by atoms with Crippen LogP contribution in [-0.2, 0) is 4.79 Å². The van der Waals surface area contributed by atoms with Crippen LogP contribution in [0, 0.1) is 0 Å². The van der Waals surface area contributed by atoms with Crippen LogP contribution >= 0.6 is 0 Å². The fourth-order valence-corrected chi connectivity index (χ4v) is 2.94. The highest BCUT2D eigenvalue weighted by Crippen LogP contribution is 2.32. The number of carbonyl (C=O) groups is 1. The van der Waals surface area contributed by atoms with Gasteiger partial charge in [-0.05, 0) is 25.7 Å². The topological polar surface area (TPSA) is 37.3 Å². The summed E-state index contributed by atoms with van der Waals surface area (Å²) in [7, 11) is 0. The molecule has 0 heterocycles. The molecule has 0 atom stereocenters. The van der Waals surface area contributed by atoms with Crippen molar-refractivity contribution in [2.45, 2.75) is 96.0 Å². The maximum atomic E-state index is 11.1. The van der Waals surface area contributed by atoms with E-state index in [1.807, 2.05) is 6.92 Å². The predicted molar refractivity (Wildman–Crippen MR) is 75.7 cm³/mol. The predicted octanol–water partition coefficient (Wildman–Crippen LogP) is 4.39. The Morgan fingerprint density at radius 1 is 1.00 bits per heavy atom. The highest BCUT2D eigenvalue weighted by molar-refractivity contribution is 5.77. The fraction of sp³-hybridized carbons (Fsp3) is 0.938. The first-order chi connectivity index (χ1) is 8.66. The fourth-order valence-electron chi connectivity index (χ4n) is 2.94. The van der Waals surface area contributed by atoms with E-state index in [1.54, 1.807) is 0 Å². The van der Waals surface area contributed by atoms with Crippen LogP contribution in [0.3, 0.4) is 0 Å². The number of aliphatic hydroxyl groups is 1. The molecule has 2 heteroatoms. The minimum atomic E-state index is -0.337. The summed E-state index contributed by atoms with van der Waals surface area (Å²) in [6.45, 7) is 1.94. The van der Waals surface area contributed by atoms with E-state index in [0.717, 1.165) is 38.5 Å². The zero-order valence-electron chi connectivity index (χ0n) is 12.0. The minimum Gasteiger partial charge on any atom is -0.390 e. The smallest absolute Gasteiger partial charge is 0.132 e. The molecule has 0 unspecified atom stereocenters. The summed E-state index contributed by atoms with van der Waals surface area (Å²) in [5, 5.41) is 10.3. The molecule has 18 heavy (non-hydrogen) atoms. The average molecular weight is 254 g/mol. The summed E-state index contributed by atoms with van der Waals surface area (Å²) in [6, 6.07) is 0. The Balaban J connectivity index is 1.93. The third kappa shape index (κ3) is 6.53. The molecule has 1 saturated carbocycles. The van der Waals surface area contributed by atoms with Crippen molar-refractivity contribution < 1.29 is 9.90 Å². The molecule has 0 aliphatic heterocycles. The number of unbranched alkanes of at least 4 members (excludes halogenated alkanes) is 4. The van der Waals surface area contributed by atoms with Crippen LogP contribution in [0.5, 0.6) is 0 Å². The molecule has 2 nitrogen and oxygen atoms in total. The second-order valence-electron chi connectivity index (χ2n) is 5.94. The van der Waals surface area contributed by atoms with E-state index in [4.69, 9.17) is 0 Å². The Hall–Kier alpha value is -0.370. The molecule has 1 aliphatic rings. The van der Waals surface area contributed by atoms with Crippen molar-refractivity contribution in [3.8, 4) is 0 Å². The van der Waals surface area contributed by atoms with Gasteiger partial charge in [0.2, 0.25) is 0 Å². The summed E-state index contributed by atoms with van der Waals surface area (Å²) in [5.74, 6) is 0.395. The summed E-state index contributed by atoms with van der Waals surface area (Å²) in [4.78, 5) is 11.1. The van der Waals surface area contributed by atoms with Crippen molar-refractivity contribution in [2.24, 2.45) is 0 Å². The molecule has 0 spiro atoms. The maximum Gasteiger partial charge on any atom is 0.132 e. The third-order valence-electron chi connectivity index (χ3n) is 4.28. The zero-order chi connectivity index (χ0) is 13.3. The Labute approximate surface area is 112 Å².